The maximum Gasteiger partial charge on any atom is 0.341 e. The molecule has 0 atom stereocenters. The van der Waals surface area contributed by atoms with Gasteiger partial charge in [-0.05, 0) is 36.1 Å². The third-order valence-corrected chi connectivity index (χ3v) is 6.05. The van der Waals surface area contributed by atoms with E-state index in [2.05, 4.69) is 10.3 Å². The van der Waals surface area contributed by atoms with E-state index >= 15 is 0 Å². The molecule has 2 heterocycles. The Labute approximate surface area is 164 Å². The highest BCUT2D eigenvalue weighted by Gasteiger charge is 2.17. The summed E-state index contributed by atoms with van der Waals surface area (Å²) in [5.74, 6) is -0.252. The smallest absolute Gasteiger partial charge is 0.341 e. The maximum absolute atomic E-state index is 12.6. The summed E-state index contributed by atoms with van der Waals surface area (Å²) in [7, 11) is 2.80. The van der Waals surface area contributed by atoms with Crippen molar-refractivity contribution in [3.05, 3.63) is 57.4 Å². The Bertz CT molecular complexity index is 964. The molecule has 1 amide bonds. The van der Waals surface area contributed by atoms with Crippen LogP contribution in [-0.2, 0) is 11.3 Å². The van der Waals surface area contributed by atoms with E-state index in [0.29, 0.717) is 21.9 Å². The molecule has 1 aromatic carbocycles. The van der Waals surface area contributed by atoms with Gasteiger partial charge in [-0.25, -0.2) is 9.78 Å². The van der Waals surface area contributed by atoms with E-state index < -0.39 is 5.97 Å². The van der Waals surface area contributed by atoms with Crippen molar-refractivity contribution in [1.82, 2.24) is 10.3 Å². The van der Waals surface area contributed by atoms with Gasteiger partial charge in [-0.1, -0.05) is 12.1 Å². The van der Waals surface area contributed by atoms with Gasteiger partial charge in [0.2, 0.25) is 0 Å². The predicted molar refractivity (Wildman–Crippen MR) is 106 cm³/mol. The monoisotopic (exact) mass is 402 g/mol. The normalized spacial score (nSPS) is 10.5. The number of amides is 1. The third-order valence-electron chi connectivity index (χ3n) is 3.86. The van der Waals surface area contributed by atoms with Crippen LogP contribution in [0, 0.1) is 6.92 Å². The number of nitrogens with zero attached hydrogens (tertiary/aromatic N) is 1. The lowest BCUT2D eigenvalue weighted by atomic mass is 10.1. The van der Waals surface area contributed by atoms with Gasteiger partial charge in [0.05, 0.1) is 24.8 Å². The first-order valence-electron chi connectivity index (χ1n) is 8.08. The number of thiophene rings is 1. The fourth-order valence-corrected chi connectivity index (χ4v) is 4.29. The van der Waals surface area contributed by atoms with Crippen molar-refractivity contribution in [2.75, 3.05) is 14.2 Å². The number of rotatable bonds is 6. The summed E-state index contributed by atoms with van der Waals surface area (Å²) in [4.78, 5) is 30.6. The topological polar surface area (TPSA) is 77.5 Å². The molecule has 0 fully saturated rings. The summed E-state index contributed by atoms with van der Waals surface area (Å²) in [5.41, 5.74) is 1.79. The quantitative estimate of drug-likeness (QED) is 0.633. The Morgan fingerprint density at radius 3 is 2.70 bits per heavy atom. The van der Waals surface area contributed by atoms with Gasteiger partial charge in [0, 0.05) is 6.54 Å². The molecule has 0 aliphatic heterocycles. The van der Waals surface area contributed by atoms with E-state index in [1.54, 1.807) is 29.5 Å². The molecule has 140 valence electrons. The van der Waals surface area contributed by atoms with E-state index in [0.717, 1.165) is 15.4 Å². The molecular weight excluding hydrogens is 384 g/mol. The first kappa shape index (κ1) is 19.1. The zero-order valence-corrected chi connectivity index (χ0v) is 16.7. The first-order chi connectivity index (χ1) is 13.0. The lowest BCUT2D eigenvalue weighted by Crippen LogP contribution is -2.22. The highest BCUT2D eigenvalue weighted by molar-refractivity contribution is 7.22. The number of aryl methyl sites for hydroxylation is 1. The molecule has 3 aromatic rings. The number of nitrogens with one attached hydrogen (secondary N) is 1. The van der Waals surface area contributed by atoms with Gasteiger partial charge >= 0.3 is 5.97 Å². The number of ether oxygens (including phenoxy) is 2. The number of carbonyl (C=O) groups excluding carboxylic acids is 2. The molecule has 0 saturated heterocycles. The number of aromatic nitrogens is 1. The highest BCUT2D eigenvalue weighted by Crippen LogP contribution is 2.31. The van der Waals surface area contributed by atoms with Crippen LogP contribution in [0.2, 0.25) is 0 Å². The summed E-state index contributed by atoms with van der Waals surface area (Å²) in [5, 5.41) is 5.70. The zero-order valence-electron chi connectivity index (χ0n) is 15.1. The Balaban J connectivity index is 1.74. The van der Waals surface area contributed by atoms with Crippen molar-refractivity contribution in [3.63, 3.8) is 0 Å². The average Bonchev–Trinajstić information content (AvgIpc) is 3.34. The van der Waals surface area contributed by atoms with Crippen molar-refractivity contribution in [1.29, 1.82) is 0 Å². The second kappa shape index (κ2) is 8.32. The third kappa shape index (κ3) is 4.17. The fourth-order valence-electron chi connectivity index (χ4n) is 2.51. The summed E-state index contributed by atoms with van der Waals surface area (Å²) in [6.07, 6.45) is 0. The number of hydrogen-bond donors (Lipinski definition) is 1. The molecule has 0 unspecified atom stereocenters. The Morgan fingerprint density at radius 2 is 2.04 bits per heavy atom. The average molecular weight is 402 g/mol. The van der Waals surface area contributed by atoms with Crippen molar-refractivity contribution in [3.8, 4) is 15.6 Å². The van der Waals surface area contributed by atoms with Crippen molar-refractivity contribution in [2.24, 2.45) is 0 Å². The van der Waals surface area contributed by atoms with Crippen molar-refractivity contribution in [2.45, 2.75) is 13.5 Å². The Hall–Kier alpha value is -2.71. The molecule has 3 rings (SSSR count). The molecule has 27 heavy (non-hydrogen) atoms. The van der Waals surface area contributed by atoms with Gasteiger partial charge in [-0.3, -0.25) is 4.79 Å². The van der Waals surface area contributed by atoms with Crippen LogP contribution in [0.15, 0.2) is 35.7 Å². The van der Waals surface area contributed by atoms with Crippen LogP contribution < -0.4 is 10.1 Å². The van der Waals surface area contributed by atoms with E-state index in [9.17, 15) is 9.59 Å². The highest BCUT2D eigenvalue weighted by atomic mass is 32.1. The summed E-state index contributed by atoms with van der Waals surface area (Å²) in [6.45, 7) is 2.10. The van der Waals surface area contributed by atoms with Crippen LogP contribution >= 0.6 is 22.7 Å². The lowest BCUT2D eigenvalue weighted by molar-refractivity contribution is 0.0597. The Kier molecular flexibility index (Phi) is 5.88. The number of thiazole rings is 1. The van der Waals surface area contributed by atoms with Crippen LogP contribution in [0.3, 0.4) is 0 Å². The number of carbonyl (C=O) groups is 2. The predicted octanol–water partition coefficient (Wildman–Crippen LogP) is 3.91. The van der Waals surface area contributed by atoms with Gasteiger partial charge in [0.15, 0.2) is 0 Å². The molecule has 1 N–H and O–H groups in total. The van der Waals surface area contributed by atoms with Crippen LogP contribution in [0.4, 0.5) is 0 Å². The molecular formula is C19H18N2O4S2. The van der Waals surface area contributed by atoms with Crippen LogP contribution in [0.5, 0.6) is 5.75 Å². The number of hydrogen-bond acceptors (Lipinski definition) is 7. The molecule has 8 heteroatoms. The van der Waals surface area contributed by atoms with Gasteiger partial charge in [-0.15, -0.1) is 22.7 Å². The molecule has 0 bridgehead atoms. The lowest BCUT2D eigenvalue weighted by Gasteiger charge is -2.10. The zero-order chi connectivity index (χ0) is 19.4. The summed E-state index contributed by atoms with van der Waals surface area (Å²) >= 11 is 2.96. The molecule has 0 spiro atoms. The minimum Gasteiger partial charge on any atom is -0.496 e. The molecule has 0 saturated carbocycles. The SMILES string of the molecule is COC(=O)c1cc(CNC(=O)c2sc(-c3cccs3)nc2C)ccc1OC. The van der Waals surface area contributed by atoms with Crippen LogP contribution in [0.25, 0.3) is 9.88 Å². The molecule has 0 aliphatic rings. The fraction of sp³-hybridized carbons (Fsp3) is 0.211. The van der Waals surface area contributed by atoms with E-state index in [-0.39, 0.29) is 12.5 Å². The van der Waals surface area contributed by atoms with Crippen LogP contribution in [-0.4, -0.2) is 31.1 Å². The minimum atomic E-state index is -0.487. The summed E-state index contributed by atoms with van der Waals surface area (Å²) < 4.78 is 9.95. The first-order valence-corrected chi connectivity index (χ1v) is 9.77. The number of esters is 1. The molecule has 6 nitrogen and oxygen atoms in total. The Morgan fingerprint density at radius 1 is 1.22 bits per heavy atom. The summed E-state index contributed by atoms with van der Waals surface area (Å²) in [6, 6.07) is 9.07. The van der Waals surface area contributed by atoms with E-state index in [4.69, 9.17) is 9.47 Å². The van der Waals surface area contributed by atoms with Crippen molar-refractivity contribution < 1.29 is 19.1 Å². The largest absolute Gasteiger partial charge is 0.496 e. The number of benzene rings is 1. The maximum atomic E-state index is 12.6. The van der Waals surface area contributed by atoms with Gasteiger partial charge < -0.3 is 14.8 Å². The molecule has 0 radical (unpaired) electrons. The number of methoxy groups -OCH3 is 2. The van der Waals surface area contributed by atoms with Gasteiger partial charge in [0.25, 0.3) is 5.91 Å². The molecule has 2 aromatic heterocycles. The van der Waals surface area contributed by atoms with Crippen molar-refractivity contribution >= 4 is 34.6 Å². The second-order valence-corrected chi connectivity index (χ2v) is 7.57. The minimum absolute atomic E-state index is 0.191. The van der Waals surface area contributed by atoms with Gasteiger partial charge in [0.1, 0.15) is 21.2 Å². The van der Waals surface area contributed by atoms with E-state index in [1.807, 2.05) is 24.4 Å². The molecule has 0 aliphatic carbocycles. The van der Waals surface area contributed by atoms with E-state index in [1.165, 1.54) is 25.6 Å². The van der Waals surface area contributed by atoms with Gasteiger partial charge in [-0.2, -0.15) is 0 Å². The standard InChI is InChI=1S/C19H18N2O4S2/c1-11-16(27-18(21-11)15-5-4-8-26-15)17(22)20-10-12-6-7-14(24-2)13(9-12)19(23)25-3/h4-9H,10H2,1-3H3,(H,20,22). The second-order valence-electron chi connectivity index (χ2n) is 5.62. The van der Waals surface area contributed by atoms with Crippen LogP contribution in [0.1, 0.15) is 31.3 Å².